The quantitative estimate of drug-likeness (QED) is 0.775. The molecule has 0 bridgehead atoms. The van der Waals surface area contributed by atoms with Gasteiger partial charge in [0.2, 0.25) is 0 Å². The van der Waals surface area contributed by atoms with E-state index in [0.717, 1.165) is 18.2 Å². The normalized spacial score (nSPS) is 12.9. The van der Waals surface area contributed by atoms with Gasteiger partial charge in [-0.05, 0) is 39.1 Å². The Kier molecular flexibility index (Phi) is 3.28. The Hall–Kier alpha value is -1.10. The molecule has 1 aromatic carbocycles. The molecule has 0 heterocycles. The van der Waals surface area contributed by atoms with Gasteiger partial charge in [0.25, 0.3) is 0 Å². The second-order valence-corrected chi connectivity index (χ2v) is 4.07. The van der Waals surface area contributed by atoms with E-state index in [1.807, 2.05) is 0 Å². The van der Waals surface area contributed by atoms with E-state index >= 15 is 0 Å². The predicted octanol–water partition coefficient (Wildman–Crippen LogP) is 3.30. The van der Waals surface area contributed by atoms with E-state index in [2.05, 4.69) is 5.32 Å². The summed E-state index contributed by atoms with van der Waals surface area (Å²) < 4.78 is 50.8. The van der Waals surface area contributed by atoms with Gasteiger partial charge in [0.15, 0.2) is 0 Å². The van der Waals surface area contributed by atoms with Crippen LogP contribution in [0.15, 0.2) is 18.2 Å². The summed E-state index contributed by atoms with van der Waals surface area (Å²) in [6, 6.07) is 2.42. The van der Waals surface area contributed by atoms with Gasteiger partial charge < -0.3 is 5.32 Å². The van der Waals surface area contributed by atoms with Crippen molar-refractivity contribution in [2.75, 3.05) is 7.05 Å². The number of hydrogen-bond donors (Lipinski definition) is 1. The van der Waals surface area contributed by atoms with Crippen molar-refractivity contribution in [2.24, 2.45) is 0 Å². The molecule has 0 saturated heterocycles. The maximum Gasteiger partial charge on any atom is 0.416 e. The molecule has 1 N–H and O–H groups in total. The summed E-state index contributed by atoms with van der Waals surface area (Å²) in [5, 5.41) is 2.77. The Bertz CT molecular complexity index is 382. The molecule has 1 aromatic rings. The third-order valence-corrected chi connectivity index (χ3v) is 2.59. The van der Waals surface area contributed by atoms with Crippen LogP contribution in [0, 0.1) is 5.82 Å². The predicted molar refractivity (Wildman–Crippen MR) is 53.5 cm³/mol. The Morgan fingerprint density at radius 1 is 1.12 bits per heavy atom. The highest BCUT2D eigenvalue weighted by atomic mass is 19.4. The van der Waals surface area contributed by atoms with Crippen LogP contribution in [-0.4, -0.2) is 7.05 Å². The van der Waals surface area contributed by atoms with E-state index in [1.165, 1.54) is 0 Å². The molecular weight excluding hydrogens is 222 g/mol. The topological polar surface area (TPSA) is 12.0 Å². The van der Waals surface area contributed by atoms with Crippen molar-refractivity contribution in [3.63, 3.8) is 0 Å². The number of nitrogens with one attached hydrogen (secondary N) is 1. The molecule has 1 rings (SSSR count). The van der Waals surface area contributed by atoms with Gasteiger partial charge in [-0.15, -0.1) is 0 Å². The largest absolute Gasteiger partial charge is 0.416 e. The van der Waals surface area contributed by atoms with Gasteiger partial charge in [0.05, 0.1) is 5.56 Å². The van der Waals surface area contributed by atoms with Gasteiger partial charge >= 0.3 is 6.18 Å². The third-order valence-electron chi connectivity index (χ3n) is 2.59. The SMILES string of the molecule is CNC(C)(C)c1cc(C(F)(F)F)ccc1F. The molecule has 0 unspecified atom stereocenters. The van der Waals surface area contributed by atoms with Crippen LogP contribution in [0.1, 0.15) is 25.0 Å². The summed E-state index contributed by atoms with van der Waals surface area (Å²) in [4.78, 5) is 0. The van der Waals surface area contributed by atoms with Crippen molar-refractivity contribution in [3.05, 3.63) is 35.1 Å². The summed E-state index contributed by atoms with van der Waals surface area (Å²) in [7, 11) is 1.57. The highest BCUT2D eigenvalue weighted by Crippen LogP contribution is 2.33. The van der Waals surface area contributed by atoms with E-state index in [1.54, 1.807) is 20.9 Å². The molecule has 0 fully saturated rings. The Morgan fingerprint density at radius 2 is 1.69 bits per heavy atom. The van der Waals surface area contributed by atoms with Crippen molar-refractivity contribution in [2.45, 2.75) is 25.6 Å². The van der Waals surface area contributed by atoms with E-state index in [4.69, 9.17) is 0 Å². The first kappa shape index (κ1) is 13.0. The molecule has 1 nitrogen and oxygen atoms in total. The highest BCUT2D eigenvalue weighted by Gasteiger charge is 2.33. The molecule has 0 saturated carbocycles. The first-order valence-electron chi connectivity index (χ1n) is 4.74. The van der Waals surface area contributed by atoms with Crippen LogP contribution >= 0.6 is 0 Å². The molecule has 90 valence electrons. The molecule has 0 radical (unpaired) electrons. The number of rotatable bonds is 2. The number of benzene rings is 1. The second-order valence-electron chi connectivity index (χ2n) is 4.07. The lowest BCUT2D eigenvalue weighted by Gasteiger charge is -2.26. The van der Waals surface area contributed by atoms with Crippen LogP contribution in [0.25, 0.3) is 0 Å². The van der Waals surface area contributed by atoms with Crippen molar-refractivity contribution < 1.29 is 17.6 Å². The Labute approximate surface area is 91.5 Å². The van der Waals surface area contributed by atoms with Gasteiger partial charge in [-0.2, -0.15) is 13.2 Å². The zero-order valence-corrected chi connectivity index (χ0v) is 9.24. The molecule has 0 aliphatic carbocycles. The third kappa shape index (κ3) is 2.52. The lowest BCUT2D eigenvalue weighted by atomic mass is 9.92. The summed E-state index contributed by atoms with van der Waals surface area (Å²) in [5.41, 5.74) is -1.68. The zero-order chi connectivity index (χ0) is 12.6. The van der Waals surface area contributed by atoms with E-state index in [0.29, 0.717) is 0 Å². The standard InChI is InChI=1S/C11H13F4N/c1-10(2,16-3)8-6-7(11(13,14)15)4-5-9(8)12/h4-6,16H,1-3H3. The van der Waals surface area contributed by atoms with Crippen molar-refractivity contribution in [3.8, 4) is 0 Å². The minimum absolute atomic E-state index is 0.00447. The fourth-order valence-corrected chi connectivity index (χ4v) is 1.32. The first-order chi connectivity index (χ1) is 7.18. The van der Waals surface area contributed by atoms with Gasteiger partial charge in [0, 0.05) is 11.1 Å². The average Bonchev–Trinajstić information content (AvgIpc) is 2.16. The molecule has 0 spiro atoms. The lowest BCUT2D eigenvalue weighted by Crippen LogP contribution is -2.34. The smallest absolute Gasteiger partial charge is 0.311 e. The molecule has 0 atom stereocenters. The molecule has 5 heteroatoms. The molecule has 0 aliphatic heterocycles. The van der Waals surface area contributed by atoms with Gasteiger partial charge in [-0.1, -0.05) is 0 Å². The maximum absolute atomic E-state index is 13.4. The molecule has 0 amide bonds. The second kappa shape index (κ2) is 4.05. The van der Waals surface area contributed by atoms with Crippen LogP contribution in [0.3, 0.4) is 0 Å². The van der Waals surface area contributed by atoms with Crippen LogP contribution in [0.5, 0.6) is 0 Å². The average molecular weight is 235 g/mol. The van der Waals surface area contributed by atoms with Crippen LogP contribution in [0.2, 0.25) is 0 Å². The van der Waals surface area contributed by atoms with Crippen molar-refractivity contribution >= 4 is 0 Å². The minimum atomic E-state index is -4.45. The fourth-order valence-electron chi connectivity index (χ4n) is 1.32. The van der Waals surface area contributed by atoms with Crippen LogP contribution < -0.4 is 5.32 Å². The van der Waals surface area contributed by atoms with E-state index in [-0.39, 0.29) is 5.56 Å². The van der Waals surface area contributed by atoms with Gasteiger partial charge in [0.1, 0.15) is 5.82 Å². The minimum Gasteiger partial charge on any atom is -0.311 e. The van der Waals surface area contributed by atoms with Crippen molar-refractivity contribution in [1.29, 1.82) is 0 Å². The van der Waals surface area contributed by atoms with Crippen molar-refractivity contribution in [1.82, 2.24) is 5.32 Å². The monoisotopic (exact) mass is 235 g/mol. The van der Waals surface area contributed by atoms with E-state index < -0.39 is 23.1 Å². The van der Waals surface area contributed by atoms with Gasteiger partial charge in [-0.25, -0.2) is 4.39 Å². The number of alkyl halides is 3. The maximum atomic E-state index is 13.4. The molecule has 0 aromatic heterocycles. The zero-order valence-electron chi connectivity index (χ0n) is 9.24. The molecular formula is C11H13F4N. The van der Waals surface area contributed by atoms with Gasteiger partial charge in [-0.3, -0.25) is 0 Å². The highest BCUT2D eigenvalue weighted by molar-refractivity contribution is 5.31. The van der Waals surface area contributed by atoms with Crippen LogP contribution in [-0.2, 0) is 11.7 Å². The molecule has 0 aliphatic rings. The summed E-state index contributed by atoms with van der Waals surface area (Å²) >= 11 is 0. The summed E-state index contributed by atoms with van der Waals surface area (Å²) in [6.45, 7) is 3.23. The lowest BCUT2D eigenvalue weighted by molar-refractivity contribution is -0.137. The first-order valence-corrected chi connectivity index (χ1v) is 4.74. The Morgan fingerprint density at radius 3 is 2.12 bits per heavy atom. The fraction of sp³-hybridized carbons (Fsp3) is 0.455. The van der Waals surface area contributed by atoms with Crippen LogP contribution in [0.4, 0.5) is 17.6 Å². The number of hydrogen-bond acceptors (Lipinski definition) is 1. The number of halogens is 4. The molecule has 16 heavy (non-hydrogen) atoms. The Balaban J connectivity index is 3.30. The summed E-state index contributed by atoms with van der Waals surface area (Å²) in [6.07, 6.45) is -4.45. The van der Waals surface area contributed by atoms with E-state index in [9.17, 15) is 17.6 Å². The summed E-state index contributed by atoms with van der Waals surface area (Å²) in [5.74, 6) is -0.646.